The molecule has 2 aromatic rings. The van der Waals surface area contributed by atoms with Crippen LogP contribution >= 0.6 is 11.3 Å². The Morgan fingerprint density at radius 2 is 2.04 bits per heavy atom. The number of rotatable bonds is 8. The van der Waals surface area contributed by atoms with Crippen molar-refractivity contribution in [3.63, 3.8) is 0 Å². The van der Waals surface area contributed by atoms with Gasteiger partial charge in [0.1, 0.15) is 5.01 Å². The number of carbonyl (C=O) groups excluding carboxylic acids is 1. The SMILES string of the molecule is CCCCNS(=O)(=O)c1cccc(C(=O)Nc2nnc(CC)s2)c1. The second-order valence-corrected chi connectivity index (χ2v) is 7.92. The zero-order chi connectivity index (χ0) is 17.6. The van der Waals surface area contributed by atoms with Gasteiger partial charge in [0.05, 0.1) is 4.90 Å². The topological polar surface area (TPSA) is 101 Å². The van der Waals surface area contributed by atoms with Crippen LogP contribution in [0.1, 0.15) is 42.1 Å². The standard InChI is InChI=1S/C15H20N4O3S2/c1-3-5-9-16-24(21,22)12-8-6-7-11(10-12)14(20)17-15-19-18-13(4-2)23-15/h6-8,10,16H,3-5,9H2,1-2H3,(H,17,19,20). The fourth-order valence-electron chi connectivity index (χ4n) is 1.89. The number of hydrogen-bond acceptors (Lipinski definition) is 6. The molecule has 0 radical (unpaired) electrons. The van der Waals surface area contributed by atoms with E-state index in [1.165, 1.54) is 23.5 Å². The Hall–Kier alpha value is -1.84. The molecule has 2 rings (SSSR count). The molecule has 1 amide bonds. The molecule has 1 heterocycles. The van der Waals surface area contributed by atoms with Gasteiger partial charge in [-0.3, -0.25) is 10.1 Å². The van der Waals surface area contributed by atoms with Gasteiger partial charge in [0.15, 0.2) is 0 Å². The van der Waals surface area contributed by atoms with Crippen molar-refractivity contribution < 1.29 is 13.2 Å². The Bertz CT molecular complexity index is 803. The van der Waals surface area contributed by atoms with E-state index in [4.69, 9.17) is 0 Å². The lowest BCUT2D eigenvalue weighted by Gasteiger charge is -2.08. The van der Waals surface area contributed by atoms with E-state index in [0.29, 0.717) is 11.7 Å². The van der Waals surface area contributed by atoms with E-state index in [1.54, 1.807) is 12.1 Å². The maximum absolute atomic E-state index is 12.3. The number of carbonyl (C=O) groups is 1. The number of aromatic nitrogens is 2. The second-order valence-electron chi connectivity index (χ2n) is 5.09. The molecule has 24 heavy (non-hydrogen) atoms. The van der Waals surface area contributed by atoms with Gasteiger partial charge in [-0.05, 0) is 31.0 Å². The monoisotopic (exact) mass is 368 g/mol. The Morgan fingerprint density at radius 1 is 1.25 bits per heavy atom. The number of sulfonamides is 1. The molecular weight excluding hydrogens is 348 g/mol. The molecule has 7 nitrogen and oxygen atoms in total. The lowest BCUT2D eigenvalue weighted by atomic mass is 10.2. The molecule has 0 atom stereocenters. The third kappa shape index (κ3) is 4.83. The third-order valence-corrected chi connectivity index (χ3v) is 5.66. The molecule has 0 fully saturated rings. The summed E-state index contributed by atoms with van der Waals surface area (Å²) in [4.78, 5) is 12.3. The third-order valence-electron chi connectivity index (χ3n) is 3.22. The molecule has 1 aromatic carbocycles. The van der Waals surface area contributed by atoms with Crippen molar-refractivity contribution in [2.75, 3.05) is 11.9 Å². The average Bonchev–Trinajstić information content (AvgIpc) is 3.02. The van der Waals surface area contributed by atoms with Crippen molar-refractivity contribution in [3.05, 3.63) is 34.8 Å². The summed E-state index contributed by atoms with van der Waals surface area (Å²) in [6.07, 6.45) is 2.40. The highest BCUT2D eigenvalue weighted by atomic mass is 32.2. The van der Waals surface area contributed by atoms with E-state index in [-0.39, 0.29) is 10.5 Å². The maximum Gasteiger partial charge on any atom is 0.257 e. The summed E-state index contributed by atoms with van der Waals surface area (Å²) in [5.41, 5.74) is 0.251. The zero-order valence-corrected chi connectivity index (χ0v) is 15.2. The Balaban J connectivity index is 2.12. The molecule has 130 valence electrons. The van der Waals surface area contributed by atoms with E-state index in [1.807, 2.05) is 13.8 Å². The summed E-state index contributed by atoms with van der Waals surface area (Å²) in [6.45, 7) is 4.31. The molecule has 2 N–H and O–H groups in total. The molecule has 0 aliphatic heterocycles. The molecule has 1 aromatic heterocycles. The van der Waals surface area contributed by atoms with Gasteiger partial charge in [-0.1, -0.05) is 37.7 Å². The maximum atomic E-state index is 12.3. The van der Waals surface area contributed by atoms with Crippen molar-refractivity contribution >= 4 is 32.4 Å². The van der Waals surface area contributed by atoms with Crippen LogP contribution in [0.3, 0.4) is 0 Å². The van der Waals surface area contributed by atoms with Crippen LogP contribution in [0.4, 0.5) is 5.13 Å². The number of amides is 1. The molecule has 0 bridgehead atoms. The minimum Gasteiger partial charge on any atom is -0.296 e. The first-order valence-electron chi connectivity index (χ1n) is 7.69. The average molecular weight is 368 g/mol. The highest BCUT2D eigenvalue weighted by Gasteiger charge is 2.16. The summed E-state index contributed by atoms with van der Waals surface area (Å²) in [5, 5.41) is 11.7. The molecule has 0 aliphatic rings. The number of hydrogen-bond donors (Lipinski definition) is 2. The van der Waals surface area contributed by atoms with E-state index >= 15 is 0 Å². The minimum atomic E-state index is -3.62. The first kappa shape index (κ1) is 18.5. The summed E-state index contributed by atoms with van der Waals surface area (Å²) in [6, 6.07) is 5.92. The van der Waals surface area contributed by atoms with Crippen molar-refractivity contribution in [2.24, 2.45) is 0 Å². The predicted octanol–water partition coefficient (Wildman–Crippen LogP) is 2.43. The number of anilines is 1. The number of nitrogens with zero attached hydrogens (tertiary/aromatic N) is 2. The Labute approximate surface area is 145 Å². The minimum absolute atomic E-state index is 0.0674. The van der Waals surface area contributed by atoms with Crippen LogP contribution in [0.25, 0.3) is 0 Å². The van der Waals surface area contributed by atoms with Gasteiger partial charge in [-0.25, -0.2) is 13.1 Å². The van der Waals surface area contributed by atoms with Crippen LogP contribution in [0.15, 0.2) is 29.2 Å². The first-order valence-corrected chi connectivity index (χ1v) is 9.99. The van der Waals surface area contributed by atoms with Gasteiger partial charge in [0, 0.05) is 12.1 Å². The fourth-order valence-corrected chi connectivity index (χ4v) is 3.68. The van der Waals surface area contributed by atoms with Crippen LogP contribution in [0.5, 0.6) is 0 Å². The van der Waals surface area contributed by atoms with E-state index in [9.17, 15) is 13.2 Å². The van der Waals surface area contributed by atoms with Crippen molar-refractivity contribution in [2.45, 2.75) is 38.0 Å². The second kappa shape index (κ2) is 8.32. The van der Waals surface area contributed by atoms with Gasteiger partial charge in [0.2, 0.25) is 15.2 Å². The van der Waals surface area contributed by atoms with Crippen LogP contribution in [0.2, 0.25) is 0 Å². The number of nitrogens with one attached hydrogen (secondary N) is 2. The van der Waals surface area contributed by atoms with Crippen LogP contribution in [-0.2, 0) is 16.4 Å². The predicted molar refractivity (Wildman–Crippen MR) is 93.8 cm³/mol. The molecule has 0 spiro atoms. The summed E-state index contributed by atoms with van der Waals surface area (Å²) in [7, 11) is -3.62. The van der Waals surface area contributed by atoms with Crippen molar-refractivity contribution in [1.29, 1.82) is 0 Å². The normalized spacial score (nSPS) is 11.4. The van der Waals surface area contributed by atoms with Crippen LogP contribution in [-0.4, -0.2) is 31.1 Å². The van der Waals surface area contributed by atoms with Crippen molar-refractivity contribution in [1.82, 2.24) is 14.9 Å². The molecule has 0 unspecified atom stereocenters. The molecule has 0 saturated carbocycles. The highest BCUT2D eigenvalue weighted by Crippen LogP contribution is 2.17. The van der Waals surface area contributed by atoms with E-state index < -0.39 is 15.9 Å². The van der Waals surface area contributed by atoms with Gasteiger partial charge in [-0.15, -0.1) is 10.2 Å². The van der Waals surface area contributed by atoms with Gasteiger partial charge < -0.3 is 0 Å². The summed E-state index contributed by atoms with van der Waals surface area (Å²) < 4.78 is 27.0. The lowest BCUT2D eigenvalue weighted by molar-refractivity contribution is 0.102. The summed E-state index contributed by atoms with van der Waals surface area (Å²) >= 11 is 1.29. The highest BCUT2D eigenvalue weighted by molar-refractivity contribution is 7.89. The smallest absolute Gasteiger partial charge is 0.257 e. The van der Waals surface area contributed by atoms with Crippen LogP contribution < -0.4 is 10.0 Å². The molecule has 0 aliphatic carbocycles. The number of aryl methyl sites for hydroxylation is 1. The van der Waals surface area contributed by atoms with Gasteiger partial charge >= 0.3 is 0 Å². The largest absolute Gasteiger partial charge is 0.296 e. The lowest BCUT2D eigenvalue weighted by Crippen LogP contribution is -2.25. The quantitative estimate of drug-likeness (QED) is 0.697. The number of benzene rings is 1. The van der Waals surface area contributed by atoms with Crippen LogP contribution in [0, 0.1) is 0 Å². The fraction of sp³-hybridized carbons (Fsp3) is 0.400. The Kier molecular flexibility index (Phi) is 6.41. The summed E-state index contributed by atoms with van der Waals surface area (Å²) in [5.74, 6) is -0.417. The molecule has 0 saturated heterocycles. The molecular formula is C15H20N4O3S2. The van der Waals surface area contributed by atoms with E-state index in [2.05, 4.69) is 20.2 Å². The van der Waals surface area contributed by atoms with E-state index in [0.717, 1.165) is 24.3 Å². The zero-order valence-electron chi connectivity index (χ0n) is 13.6. The van der Waals surface area contributed by atoms with Crippen molar-refractivity contribution in [3.8, 4) is 0 Å². The van der Waals surface area contributed by atoms with Gasteiger partial charge in [-0.2, -0.15) is 0 Å². The first-order chi connectivity index (χ1) is 11.5. The number of unbranched alkanes of at least 4 members (excludes halogenated alkanes) is 1. The Morgan fingerprint density at radius 3 is 2.71 bits per heavy atom. The molecule has 9 heteroatoms. The van der Waals surface area contributed by atoms with Gasteiger partial charge in [0.25, 0.3) is 5.91 Å².